The summed E-state index contributed by atoms with van der Waals surface area (Å²) in [6, 6.07) is 14.9. The molecule has 2 aliphatic rings. The Morgan fingerprint density at radius 1 is 1.06 bits per heavy atom. The summed E-state index contributed by atoms with van der Waals surface area (Å²) in [5, 5.41) is 12.9. The maximum atomic E-state index is 13.3. The summed E-state index contributed by atoms with van der Waals surface area (Å²) < 4.78 is 5.04. The zero-order valence-corrected chi connectivity index (χ0v) is 17.1. The molecule has 0 aliphatic carbocycles. The van der Waals surface area contributed by atoms with Crippen LogP contribution in [0.4, 0.5) is 0 Å². The third-order valence-electron chi connectivity index (χ3n) is 6.01. The van der Waals surface area contributed by atoms with Gasteiger partial charge < -0.3 is 9.84 Å². The average Bonchev–Trinajstić information content (AvgIpc) is 3.18. The molecule has 4 rings (SSSR count). The molecule has 2 aromatic rings. The highest BCUT2D eigenvalue weighted by atomic mass is 16.5. The number of fused-ring (bicyclic) bond motifs is 1. The van der Waals surface area contributed by atoms with Crippen LogP contribution in [0.1, 0.15) is 31.0 Å². The standard InChI is InChI=1S/C23H22N2O6/c1-13(26)31-16-10-8-15(9-11-16)19-17-18(23(2,24-19)22(29)30)21(28)25(20(17)27)12-14-6-4-3-5-7-14/h3-11,17-19,24H,12H2,1-2H3,(H,29,30). The van der Waals surface area contributed by atoms with Gasteiger partial charge in [-0.05, 0) is 30.2 Å². The number of nitrogens with one attached hydrogen (secondary N) is 1. The lowest BCUT2D eigenvalue weighted by atomic mass is 9.80. The number of carboxylic acids is 1. The van der Waals surface area contributed by atoms with Crippen LogP contribution in [-0.4, -0.2) is 39.3 Å². The Morgan fingerprint density at radius 2 is 1.71 bits per heavy atom. The minimum atomic E-state index is -1.60. The van der Waals surface area contributed by atoms with E-state index in [1.54, 1.807) is 24.3 Å². The van der Waals surface area contributed by atoms with Gasteiger partial charge in [0.2, 0.25) is 11.8 Å². The Balaban J connectivity index is 1.69. The summed E-state index contributed by atoms with van der Waals surface area (Å²) in [4.78, 5) is 51.0. The third kappa shape index (κ3) is 3.48. The highest BCUT2D eigenvalue weighted by Gasteiger charge is 2.66. The van der Waals surface area contributed by atoms with Gasteiger partial charge in [0.1, 0.15) is 11.3 Å². The van der Waals surface area contributed by atoms with Gasteiger partial charge in [-0.3, -0.25) is 29.4 Å². The molecule has 160 valence electrons. The molecule has 8 nitrogen and oxygen atoms in total. The minimum Gasteiger partial charge on any atom is -0.480 e. The maximum absolute atomic E-state index is 13.3. The summed E-state index contributed by atoms with van der Waals surface area (Å²) in [5.74, 6) is -4.08. The first-order chi connectivity index (χ1) is 14.7. The fourth-order valence-corrected chi connectivity index (χ4v) is 4.51. The topological polar surface area (TPSA) is 113 Å². The zero-order valence-electron chi connectivity index (χ0n) is 17.1. The number of esters is 1. The van der Waals surface area contributed by atoms with Gasteiger partial charge in [-0.2, -0.15) is 0 Å². The van der Waals surface area contributed by atoms with Crippen molar-refractivity contribution in [2.45, 2.75) is 32.0 Å². The first-order valence-corrected chi connectivity index (χ1v) is 9.91. The number of carboxylic acid groups (broad SMARTS) is 1. The van der Waals surface area contributed by atoms with E-state index in [1.807, 2.05) is 30.3 Å². The van der Waals surface area contributed by atoms with Crippen molar-refractivity contribution in [2.24, 2.45) is 11.8 Å². The van der Waals surface area contributed by atoms with Crippen molar-refractivity contribution in [3.8, 4) is 5.75 Å². The molecule has 2 fully saturated rings. The normalized spacial score (nSPS) is 27.3. The fourth-order valence-electron chi connectivity index (χ4n) is 4.51. The van der Waals surface area contributed by atoms with Crippen LogP contribution in [0.25, 0.3) is 0 Å². The molecule has 2 saturated heterocycles. The molecule has 0 spiro atoms. The van der Waals surface area contributed by atoms with Crippen molar-refractivity contribution in [2.75, 3.05) is 0 Å². The Hall–Kier alpha value is -3.52. The molecule has 0 aromatic heterocycles. The van der Waals surface area contributed by atoms with E-state index >= 15 is 0 Å². The van der Waals surface area contributed by atoms with Crippen LogP contribution >= 0.6 is 0 Å². The molecule has 2 aliphatic heterocycles. The van der Waals surface area contributed by atoms with Crippen LogP contribution in [0.15, 0.2) is 54.6 Å². The second-order valence-corrected chi connectivity index (χ2v) is 8.04. The molecule has 2 heterocycles. The Bertz CT molecular complexity index is 1050. The molecule has 2 N–H and O–H groups in total. The van der Waals surface area contributed by atoms with E-state index in [0.717, 1.165) is 10.5 Å². The first kappa shape index (κ1) is 20.7. The molecule has 8 heteroatoms. The van der Waals surface area contributed by atoms with E-state index in [4.69, 9.17) is 4.74 Å². The van der Waals surface area contributed by atoms with Crippen molar-refractivity contribution in [1.29, 1.82) is 0 Å². The molecule has 0 saturated carbocycles. The summed E-state index contributed by atoms with van der Waals surface area (Å²) >= 11 is 0. The van der Waals surface area contributed by atoms with E-state index in [-0.39, 0.29) is 6.54 Å². The van der Waals surface area contributed by atoms with Crippen molar-refractivity contribution in [3.63, 3.8) is 0 Å². The molecular formula is C23H22N2O6. The van der Waals surface area contributed by atoms with E-state index in [0.29, 0.717) is 11.3 Å². The second kappa shape index (κ2) is 7.63. The Kier molecular flexibility index (Phi) is 5.10. The van der Waals surface area contributed by atoms with E-state index < -0.39 is 47.2 Å². The molecular weight excluding hydrogens is 400 g/mol. The van der Waals surface area contributed by atoms with Gasteiger partial charge in [0.15, 0.2) is 0 Å². The smallest absolute Gasteiger partial charge is 0.324 e. The van der Waals surface area contributed by atoms with Crippen molar-refractivity contribution in [3.05, 3.63) is 65.7 Å². The molecule has 2 amide bonds. The number of nitrogens with zero attached hydrogens (tertiary/aromatic N) is 1. The zero-order chi connectivity index (χ0) is 22.3. The number of carbonyl (C=O) groups is 4. The Morgan fingerprint density at radius 3 is 2.29 bits per heavy atom. The summed E-state index contributed by atoms with van der Waals surface area (Å²) in [7, 11) is 0. The number of rotatable bonds is 5. The van der Waals surface area contributed by atoms with Crippen LogP contribution in [0.3, 0.4) is 0 Å². The number of imide groups is 1. The lowest BCUT2D eigenvalue weighted by molar-refractivity contribution is -0.150. The van der Waals surface area contributed by atoms with Gasteiger partial charge in [0.05, 0.1) is 18.4 Å². The average molecular weight is 422 g/mol. The lowest BCUT2D eigenvalue weighted by Crippen LogP contribution is -2.53. The van der Waals surface area contributed by atoms with Gasteiger partial charge in [0, 0.05) is 13.0 Å². The largest absolute Gasteiger partial charge is 0.480 e. The van der Waals surface area contributed by atoms with Gasteiger partial charge >= 0.3 is 11.9 Å². The number of benzene rings is 2. The number of likely N-dealkylation sites (tertiary alicyclic amines) is 1. The molecule has 0 bridgehead atoms. The van der Waals surface area contributed by atoms with E-state index in [9.17, 15) is 24.3 Å². The molecule has 2 aromatic carbocycles. The van der Waals surface area contributed by atoms with Crippen LogP contribution in [0, 0.1) is 11.8 Å². The van der Waals surface area contributed by atoms with Gasteiger partial charge in [0.25, 0.3) is 0 Å². The first-order valence-electron chi connectivity index (χ1n) is 9.91. The van der Waals surface area contributed by atoms with Gasteiger partial charge in [-0.15, -0.1) is 0 Å². The quantitative estimate of drug-likeness (QED) is 0.430. The highest BCUT2D eigenvalue weighted by molar-refractivity contribution is 6.09. The van der Waals surface area contributed by atoms with Crippen LogP contribution in [0.2, 0.25) is 0 Å². The summed E-state index contributed by atoms with van der Waals surface area (Å²) in [6.07, 6.45) is 0. The number of carbonyl (C=O) groups excluding carboxylic acids is 3. The van der Waals surface area contributed by atoms with Crippen molar-refractivity contribution in [1.82, 2.24) is 10.2 Å². The monoisotopic (exact) mass is 422 g/mol. The molecule has 4 atom stereocenters. The third-order valence-corrected chi connectivity index (χ3v) is 6.01. The summed E-state index contributed by atoms with van der Waals surface area (Å²) in [5.41, 5.74) is -0.169. The van der Waals surface area contributed by atoms with Crippen molar-refractivity contribution >= 4 is 23.8 Å². The summed E-state index contributed by atoms with van der Waals surface area (Å²) in [6.45, 7) is 2.83. The highest BCUT2D eigenvalue weighted by Crippen LogP contribution is 2.49. The predicted molar refractivity (Wildman–Crippen MR) is 109 cm³/mol. The molecule has 4 unspecified atom stereocenters. The van der Waals surface area contributed by atoms with Crippen LogP contribution < -0.4 is 10.1 Å². The second-order valence-electron chi connectivity index (χ2n) is 8.04. The van der Waals surface area contributed by atoms with E-state index in [1.165, 1.54) is 13.8 Å². The SMILES string of the molecule is CC(=O)Oc1ccc(C2NC(C)(C(=O)O)C3C(=O)N(Cc4ccccc4)C(=O)C23)cc1. The number of aliphatic carboxylic acids is 1. The fraction of sp³-hybridized carbons (Fsp3) is 0.304. The van der Waals surface area contributed by atoms with Crippen LogP contribution in [-0.2, 0) is 25.7 Å². The number of hydrogen-bond donors (Lipinski definition) is 2. The number of hydrogen-bond acceptors (Lipinski definition) is 6. The number of ether oxygens (including phenoxy) is 1. The van der Waals surface area contributed by atoms with Crippen LogP contribution in [0.5, 0.6) is 5.75 Å². The number of amides is 2. The lowest BCUT2D eigenvalue weighted by Gasteiger charge is -2.27. The molecule has 31 heavy (non-hydrogen) atoms. The van der Waals surface area contributed by atoms with Gasteiger partial charge in [-0.25, -0.2) is 0 Å². The maximum Gasteiger partial charge on any atom is 0.324 e. The van der Waals surface area contributed by atoms with Gasteiger partial charge in [-0.1, -0.05) is 42.5 Å². The Labute approximate surface area is 178 Å². The minimum absolute atomic E-state index is 0.0965. The predicted octanol–water partition coefficient (Wildman–Crippen LogP) is 1.90. The van der Waals surface area contributed by atoms with E-state index in [2.05, 4.69) is 5.32 Å². The van der Waals surface area contributed by atoms with Crippen molar-refractivity contribution < 1.29 is 29.0 Å². The molecule has 0 radical (unpaired) electrons.